The van der Waals surface area contributed by atoms with Gasteiger partial charge in [-0.2, -0.15) is 0 Å². The number of amides is 2. The summed E-state index contributed by atoms with van der Waals surface area (Å²) in [6, 6.07) is 8.13. The van der Waals surface area contributed by atoms with E-state index in [4.69, 9.17) is 10.5 Å². The third-order valence-electron chi connectivity index (χ3n) is 5.20. The summed E-state index contributed by atoms with van der Waals surface area (Å²) >= 11 is 1.66. The monoisotopic (exact) mass is 610 g/mol. The average Bonchev–Trinajstić information content (AvgIpc) is 3.52. The number of thioether (sulfide) groups is 1. The number of ether oxygens (including phenoxy) is 1. The van der Waals surface area contributed by atoms with Crippen LogP contribution < -0.4 is 16.4 Å². The molecular formula is C30H41F3N4O4S. The highest BCUT2D eigenvalue weighted by Gasteiger charge is 2.21. The number of esters is 1. The lowest BCUT2D eigenvalue weighted by molar-refractivity contribution is -0.141. The lowest BCUT2D eigenvalue weighted by Gasteiger charge is -2.18. The Morgan fingerprint density at radius 3 is 2.26 bits per heavy atom. The standard InChI is InChI=1S/C13H15F3N2OS.C12H16N2O3.C3H8.C2H2/c14-10-6-12(16)11(15)4-8(10)3-9(17)5-13(19)18-1-2-20-7-18;1-2-17-12(16)8-14-11-5-3-10(4-6-11)7-13-9-15;1-3-2;1-2/h4,6,9H,1-3,5,7,17H2;3-6,9,14H,2,7-8H2,1H3,(H,13,15);3H2,1-2H3;1-2H/t9-;;;/m1.../s1. The summed E-state index contributed by atoms with van der Waals surface area (Å²) in [5.74, 6) is -2.02. The van der Waals surface area contributed by atoms with E-state index < -0.39 is 23.5 Å². The number of terminal acetylenes is 1. The topological polar surface area (TPSA) is 114 Å². The van der Waals surface area contributed by atoms with Crippen LogP contribution in [0.5, 0.6) is 0 Å². The van der Waals surface area contributed by atoms with Crippen molar-refractivity contribution in [2.75, 3.05) is 36.6 Å². The van der Waals surface area contributed by atoms with Gasteiger partial charge in [-0.25, -0.2) is 13.2 Å². The van der Waals surface area contributed by atoms with E-state index in [-0.39, 0.29) is 36.8 Å². The predicted octanol–water partition coefficient (Wildman–Crippen LogP) is 4.47. The molecule has 232 valence electrons. The van der Waals surface area contributed by atoms with Crippen molar-refractivity contribution in [3.05, 3.63) is 65.0 Å². The molecule has 1 saturated heterocycles. The van der Waals surface area contributed by atoms with Gasteiger partial charge in [0.05, 0.1) is 12.5 Å². The second-order valence-corrected chi connectivity index (χ2v) is 9.86. The van der Waals surface area contributed by atoms with Crippen molar-refractivity contribution in [2.45, 2.75) is 52.6 Å². The number of hydrogen-bond acceptors (Lipinski definition) is 7. The summed E-state index contributed by atoms with van der Waals surface area (Å²) in [5, 5.41) is 5.52. The molecule has 0 aliphatic carbocycles. The largest absolute Gasteiger partial charge is 0.465 e. The number of hydrogen-bond donors (Lipinski definition) is 3. The highest BCUT2D eigenvalue weighted by molar-refractivity contribution is 7.99. The van der Waals surface area contributed by atoms with Crippen LogP contribution in [-0.2, 0) is 32.1 Å². The van der Waals surface area contributed by atoms with Gasteiger partial charge in [-0.3, -0.25) is 14.4 Å². The minimum atomic E-state index is -1.23. The number of benzene rings is 2. The maximum Gasteiger partial charge on any atom is 0.325 e. The van der Waals surface area contributed by atoms with E-state index in [2.05, 4.69) is 37.3 Å². The Morgan fingerprint density at radius 2 is 1.71 bits per heavy atom. The van der Waals surface area contributed by atoms with Crippen molar-refractivity contribution >= 4 is 35.7 Å². The van der Waals surface area contributed by atoms with Crippen molar-refractivity contribution in [2.24, 2.45) is 5.73 Å². The molecule has 2 aromatic carbocycles. The van der Waals surface area contributed by atoms with Crippen molar-refractivity contribution in [1.29, 1.82) is 0 Å². The number of carbonyl (C=O) groups is 3. The fraction of sp³-hybridized carbons (Fsp3) is 0.433. The number of halogens is 3. The Kier molecular flexibility index (Phi) is 20.9. The Hall–Kier alpha value is -3.69. The summed E-state index contributed by atoms with van der Waals surface area (Å²) in [7, 11) is 0. The van der Waals surface area contributed by atoms with Crippen LogP contribution in [0.2, 0.25) is 0 Å². The van der Waals surface area contributed by atoms with Gasteiger partial charge in [0.2, 0.25) is 12.3 Å². The predicted molar refractivity (Wildman–Crippen MR) is 162 cm³/mol. The smallest absolute Gasteiger partial charge is 0.325 e. The minimum absolute atomic E-state index is 0.00421. The molecule has 42 heavy (non-hydrogen) atoms. The first-order valence-corrected chi connectivity index (χ1v) is 14.5. The summed E-state index contributed by atoms with van der Waals surface area (Å²) < 4.78 is 44.1. The lowest BCUT2D eigenvalue weighted by atomic mass is 10.0. The molecule has 0 bridgehead atoms. The molecule has 2 aromatic rings. The van der Waals surface area contributed by atoms with Crippen molar-refractivity contribution < 1.29 is 32.3 Å². The molecule has 1 heterocycles. The van der Waals surface area contributed by atoms with Gasteiger partial charge in [-0.15, -0.1) is 24.6 Å². The molecule has 0 spiro atoms. The third-order valence-corrected chi connectivity index (χ3v) is 6.16. The maximum absolute atomic E-state index is 13.5. The van der Waals surface area contributed by atoms with Gasteiger partial charge in [0, 0.05) is 43.1 Å². The first-order chi connectivity index (χ1) is 20.1. The summed E-state index contributed by atoms with van der Waals surface area (Å²) in [4.78, 5) is 34.7. The average molecular weight is 611 g/mol. The molecule has 0 saturated carbocycles. The molecule has 2 amide bonds. The quantitative estimate of drug-likeness (QED) is 0.149. The van der Waals surface area contributed by atoms with Crippen LogP contribution in [-0.4, -0.2) is 60.6 Å². The van der Waals surface area contributed by atoms with Gasteiger partial charge in [0.15, 0.2) is 11.6 Å². The summed E-state index contributed by atoms with van der Waals surface area (Å²) in [6.45, 7) is 7.75. The molecule has 0 unspecified atom stereocenters. The maximum atomic E-state index is 13.5. The summed E-state index contributed by atoms with van der Waals surface area (Å²) in [6.07, 6.45) is 9.97. The highest BCUT2D eigenvalue weighted by atomic mass is 32.2. The van der Waals surface area contributed by atoms with Gasteiger partial charge >= 0.3 is 5.97 Å². The molecule has 1 aliphatic rings. The van der Waals surface area contributed by atoms with E-state index in [9.17, 15) is 27.6 Å². The number of carbonyl (C=O) groups excluding carboxylic acids is 3. The molecular weight excluding hydrogens is 569 g/mol. The number of anilines is 1. The van der Waals surface area contributed by atoms with E-state index in [1.165, 1.54) is 6.42 Å². The zero-order valence-electron chi connectivity index (χ0n) is 24.3. The molecule has 1 fully saturated rings. The second-order valence-electron chi connectivity index (χ2n) is 8.78. The van der Waals surface area contributed by atoms with Gasteiger partial charge in [0.1, 0.15) is 12.4 Å². The molecule has 1 aliphatic heterocycles. The third kappa shape index (κ3) is 15.9. The number of nitrogens with zero attached hydrogens (tertiary/aromatic N) is 1. The van der Waals surface area contributed by atoms with Crippen molar-refractivity contribution in [3.63, 3.8) is 0 Å². The van der Waals surface area contributed by atoms with E-state index in [0.717, 1.165) is 23.1 Å². The normalized spacial score (nSPS) is 12.2. The first-order valence-electron chi connectivity index (χ1n) is 13.4. The summed E-state index contributed by atoms with van der Waals surface area (Å²) in [5.41, 5.74) is 7.62. The molecule has 12 heteroatoms. The van der Waals surface area contributed by atoms with E-state index in [0.29, 0.717) is 38.0 Å². The Balaban J connectivity index is 0.000000701. The van der Waals surface area contributed by atoms with Crippen LogP contribution in [0, 0.1) is 30.3 Å². The molecule has 3 rings (SSSR count). The number of rotatable bonds is 11. The van der Waals surface area contributed by atoms with E-state index >= 15 is 0 Å². The Morgan fingerprint density at radius 1 is 1.10 bits per heavy atom. The van der Waals surface area contributed by atoms with Gasteiger partial charge in [-0.05, 0) is 42.7 Å². The molecule has 0 aromatic heterocycles. The van der Waals surface area contributed by atoms with Crippen molar-refractivity contribution in [3.8, 4) is 12.8 Å². The first kappa shape index (κ1) is 38.3. The SMILES string of the molecule is C#C.CCC.CCOC(=O)CNc1ccc(CNC=O)cc1.N[C@@H](CC(=O)N1CCSC1)Cc1cc(F)c(F)cc1F. The number of nitrogens with two attached hydrogens (primary N) is 1. The second kappa shape index (κ2) is 22.9. The zero-order valence-corrected chi connectivity index (χ0v) is 25.2. The van der Waals surface area contributed by atoms with Crippen molar-refractivity contribution in [1.82, 2.24) is 10.2 Å². The fourth-order valence-electron chi connectivity index (χ4n) is 3.33. The van der Waals surface area contributed by atoms with Crippen LogP contribution in [0.4, 0.5) is 18.9 Å². The van der Waals surface area contributed by atoms with Gasteiger partial charge < -0.3 is 26.0 Å². The molecule has 1 atom stereocenters. The van der Waals surface area contributed by atoms with Crippen LogP contribution in [0.3, 0.4) is 0 Å². The van der Waals surface area contributed by atoms with Crippen LogP contribution in [0.25, 0.3) is 0 Å². The zero-order chi connectivity index (χ0) is 31.9. The van der Waals surface area contributed by atoms with Crippen LogP contribution in [0.15, 0.2) is 36.4 Å². The molecule has 4 N–H and O–H groups in total. The highest BCUT2D eigenvalue weighted by Crippen LogP contribution is 2.18. The Bertz CT molecular complexity index is 1100. The van der Waals surface area contributed by atoms with E-state index in [1.807, 2.05) is 24.3 Å². The molecule has 8 nitrogen and oxygen atoms in total. The van der Waals surface area contributed by atoms with Gasteiger partial charge in [0.25, 0.3) is 0 Å². The number of nitrogens with one attached hydrogen (secondary N) is 2. The van der Waals surface area contributed by atoms with Gasteiger partial charge in [-0.1, -0.05) is 32.4 Å². The van der Waals surface area contributed by atoms with E-state index in [1.54, 1.807) is 23.6 Å². The molecule has 0 radical (unpaired) electrons. The minimum Gasteiger partial charge on any atom is -0.465 e. The fourth-order valence-corrected chi connectivity index (χ4v) is 4.30. The Labute approximate surface area is 250 Å². The lowest BCUT2D eigenvalue weighted by Crippen LogP contribution is -2.35. The van der Waals surface area contributed by atoms with Crippen LogP contribution in [0.1, 0.15) is 44.7 Å². The van der Waals surface area contributed by atoms with Crippen LogP contribution >= 0.6 is 11.8 Å².